The third kappa shape index (κ3) is 1.31. The van der Waals surface area contributed by atoms with Crippen molar-refractivity contribution < 1.29 is 9.21 Å². The highest BCUT2D eigenvalue weighted by molar-refractivity contribution is 9.10. The zero-order chi connectivity index (χ0) is 9.42. The van der Waals surface area contributed by atoms with Gasteiger partial charge in [0.15, 0.2) is 11.9 Å². The zero-order valence-corrected chi connectivity index (χ0v) is 7.92. The molecule has 0 atom stereocenters. The molecule has 2 rings (SSSR count). The Labute approximate surface area is 80.7 Å². The summed E-state index contributed by atoms with van der Waals surface area (Å²) in [7, 11) is 0. The number of carbonyl (C=O) groups is 1. The van der Waals surface area contributed by atoms with Crippen molar-refractivity contribution in [2.75, 3.05) is 0 Å². The van der Waals surface area contributed by atoms with Crippen molar-refractivity contribution in [3.05, 3.63) is 32.7 Å². The number of hydrogen-bond acceptors (Lipinski definition) is 3. The Bertz CT molecular complexity index is 526. The molecule has 4 nitrogen and oxygen atoms in total. The molecule has 1 heterocycles. The summed E-state index contributed by atoms with van der Waals surface area (Å²) in [6, 6.07) is 3.26. The molecule has 0 unspecified atom stereocenters. The maximum absolute atomic E-state index is 10.8. The van der Waals surface area contributed by atoms with Crippen molar-refractivity contribution in [2.24, 2.45) is 0 Å². The van der Waals surface area contributed by atoms with E-state index in [-0.39, 0.29) is 0 Å². The molecule has 0 fully saturated rings. The fraction of sp³-hybridized carbons (Fsp3) is 0. The van der Waals surface area contributed by atoms with Gasteiger partial charge in [-0.25, -0.2) is 4.79 Å². The number of rotatable bonds is 1. The van der Waals surface area contributed by atoms with Gasteiger partial charge in [-0.3, -0.25) is 9.78 Å². The SMILES string of the molecule is O=Cc1cc(Br)cc2[nH]c(=O)oc12. The van der Waals surface area contributed by atoms with Gasteiger partial charge in [-0.05, 0) is 12.1 Å². The maximum Gasteiger partial charge on any atom is 0.417 e. The third-order valence-electron chi connectivity index (χ3n) is 1.64. The molecule has 0 saturated heterocycles. The van der Waals surface area contributed by atoms with E-state index < -0.39 is 5.76 Å². The number of carbonyl (C=O) groups excluding carboxylic acids is 1. The van der Waals surface area contributed by atoms with Gasteiger partial charge in [0.1, 0.15) is 0 Å². The number of fused-ring (bicyclic) bond motifs is 1. The fourth-order valence-corrected chi connectivity index (χ4v) is 1.61. The molecule has 5 heteroatoms. The topological polar surface area (TPSA) is 63.1 Å². The summed E-state index contributed by atoms with van der Waals surface area (Å²) in [6.07, 6.45) is 0.643. The summed E-state index contributed by atoms with van der Waals surface area (Å²) < 4.78 is 5.50. The molecule has 1 aromatic heterocycles. The molecule has 1 N–H and O–H groups in total. The summed E-state index contributed by atoms with van der Waals surface area (Å²) in [5.74, 6) is -0.559. The van der Waals surface area contributed by atoms with Gasteiger partial charge in [0, 0.05) is 4.47 Å². The Balaban J connectivity index is 2.96. The van der Waals surface area contributed by atoms with Crippen molar-refractivity contribution in [2.45, 2.75) is 0 Å². The maximum atomic E-state index is 10.8. The minimum atomic E-state index is -0.559. The number of benzene rings is 1. The molecule has 0 aliphatic carbocycles. The molecular weight excluding hydrogens is 238 g/mol. The van der Waals surface area contributed by atoms with Crippen molar-refractivity contribution in [3.8, 4) is 0 Å². The molecule has 66 valence electrons. The second-order valence-electron chi connectivity index (χ2n) is 2.50. The molecule has 0 saturated carbocycles. The van der Waals surface area contributed by atoms with E-state index in [0.717, 1.165) is 4.47 Å². The number of aromatic nitrogens is 1. The Kier molecular flexibility index (Phi) is 1.81. The summed E-state index contributed by atoms with van der Waals surface area (Å²) in [6.45, 7) is 0. The van der Waals surface area contributed by atoms with Gasteiger partial charge < -0.3 is 4.42 Å². The zero-order valence-electron chi connectivity index (χ0n) is 6.33. The number of H-pyrrole nitrogens is 1. The van der Waals surface area contributed by atoms with Crippen LogP contribution >= 0.6 is 15.9 Å². The van der Waals surface area contributed by atoms with Gasteiger partial charge >= 0.3 is 5.76 Å². The van der Waals surface area contributed by atoms with E-state index in [2.05, 4.69) is 20.9 Å². The van der Waals surface area contributed by atoms with Crippen LogP contribution < -0.4 is 5.76 Å². The molecule has 0 spiro atoms. The molecule has 0 radical (unpaired) electrons. The predicted octanol–water partition coefficient (Wildman–Crippen LogP) is 1.70. The highest BCUT2D eigenvalue weighted by Gasteiger charge is 2.07. The second kappa shape index (κ2) is 2.85. The van der Waals surface area contributed by atoms with E-state index in [0.29, 0.717) is 22.9 Å². The van der Waals surface area contributed by atoms with Crippen LogP contribution in [0.1, 0.15) is 10.4 Å². The summed E-state index contributed by atoms with van der Waals surface area (Å²) in [5.41, 5.74) is 1.16. The quantitative estimate of drug-likeness (QED) is 0.774. The molecule has 13 heavy (non-hydrogen) atoms. The molecule has 1 aromatic carbocycles. The minimum absolute atomic E-state index is 0.295. The molecule has 0 aliphatic heterocycles. The first-order valence-corrected chi connectivity index (χ1v) is 4.27. The Hall–Kier alpha value is -1.36. The van der Waals surface area contributed by atoms with Gasteiger partial charge in [0.25, 0.3) is 0 Å². The molecule has 0 amide bonds. The van der Waals surface area contributed by atoms with E-state index in [1.807, 2.05) is 0 Å². The fourth-order valence-electron chi connectivity index (χ4n) is 1.14. The summed E-state index contributed by atoms with van der Waals surface area (Å²) >= 11 is 3.21. The van der Waals surface area contributed by atoms with Gasteiger partial charge in [-0.15, -0.1) is 0 Å². The van der Waals surface area contributed by atoms with E-state index >= 15 is 0 Å². The Morgan fingerprint density at radius 2 is 2.23 bits per heavy atom. The second-order valence-corrected chi connectivity index (χ2v) is 3.42. The first-order chi connectivity index (χ1) is 6.20. The van der Waals surface area contributed by atoms with Gasteiger partial charge in [0.2, 0.25) is 0 Å². The van der Waals surface area contributed by atoms with Crippen LogP contribution in [0.3, 0.4) is 0 Å². The number of hydrogen-bond donors (Lipinski definition) is 1. The van der Waals surface area contributed by atoms with Crippen LogP contribution in [0.4, 0.5) is 0 Å². The largest absolute Gasteiger partial charge is 0.417 e. The highest BCUT2D eigenvalue weighted by Crippen LogP contribution is 2.20. The number of aldehydes is 1. The first-order valence-electron chi connectivity index (χ1n) is 3.48. The van der Waals surface area contributed by atoms with Crippen LogP contribution in [0.15, 0.2) is 25.8 Å². The van der Waals surface area contributed by atoms with E-state index in [1.165, 1.54) is 0 Å². The third-order valence-corrected chi connectivity index (χ3v) is 2.10. The van der Waals surface area contributed by atoms with Crippen molar-refractivity contribution >= 4 is 33.3 Å². The molecule has 0 bridgehead atoms. The molecular formula is C8H4BrNO3. The van der Waals surface area contributed by atoms with Crippen LogP contribution in [0.5, 0.6) is 0 Å². The van der Waals surface area contributed by atoms with Crippen LogP contribution in [-0.4, -0.2) is 11.3 Å². The smallest absolute Gasteiger partial charge is 0.407 e. The molecule has 0 aliphatic rings. The van der Waals surface area contributed by atoms with Crippen LogP contribution in [-0.2, 0) is 0 Å². The lowest BCUT2D eigenvalue weighted by molar-refractivity contribution is 0.112. The van der Waals surface area contributed by atoms with E-state index in [1.54, 1.807) is 12.1 Å². The van der Waals surface area contributed by atoms with E-state index in [9.17, 15) is 9.59 Å². The Morgan fingerprint density at radius 3 is 2.92 bits per heavy atom. The number of oxazole rings is 1. The van der Waals surface area contributed by atoms with Crippen molar-refractivity contribution in [1.82, 2.24) is 4.98 Å². The summed E-state index contributed by atoms with van der Waals surface area (Å²) in [4.78, 5) is 23.9. The van der Waals surface area contributed by atoms with E-state index in [4.69, 9.17) is 4.42 Å². The Morgan fingerprint density at radius 1 is 1.46 bits per heavy atom. The standard InChI is InChI=1S/C8H4BrNO3/c9-5-1-4(3-11)7-6(2-5)10-8(12)13-7/h1-3H,(H,10,12). The van der Waals surface area contributed by atoms with Gasteiger partial charge in [-0.2, -0.15) is 0 Å². The number of nitrogens with one attached hydrogen (secondary N) is 1. The predicted molar refractivity (Wildman–Crippen MR) is 49.9 cm³/mol. The lowest BCUT2D eigenvalue weighted by Gasteiger charge is -1.92. The average molecular weight is 242 g/mol. The highest BCUT2D eigenvalue weighted by atomic mass is 79.9. The number of aromatic amines is 1. The molecule has 2 aromatic rings. The van der Waals surface area contributed by atoms with Crippen LogP contribution in [0.25, 0.3) is 11.1 Å². The van der Waals surface area contributed by atoms with Crippen molar-refractivity contribution in [3.63, 3.8) is 0 Å². The average Bonchev–Trinajstić information content (AvgIpc) is 2.43. The van der Waals surface area contributed by atoms with Crippen LogP contribution in [0, 0.1) is 0 Å². The van der Waals surface area contributed by atoms with Crippen molar-refractivity contribution in [1.29, 1.82) is 0 Å². The van der Waals surface area contributed by atoms with Gasteiger partial charge in [0.05, 0.1) is 11.1 Å². The minimum Gasteiger partial charge on any atom is -0.407 e. The normalized spacial score (nSPS) is 10.5. The summed E-state index contributed by atoms with van der Waals surface area (Å²) in [5, 5.41) is 0. The first kappa shape index (κ1) is 8.25. The van der Waals surface area contributed by atoms with Gasteiger partial charge in [-0.1, -0.05) is 15.9 Å². The lowest BCUT2D eigenvalue weighted by atomic mass is 10.2. The lowest BCUT2D eigenvalue weighted by Crippen LogP contribution is -1.92. The monoisotopic (exact) mass is 241 g/mol. The van der Waals surface area contributed by atoms with Crippen LogP contribution in [0.2, 0.25) is 0 Å². The number of halogens is 1.